The van der Waals surface area contributed by atoms with E-state index in [-0.39, 0.29) is 12.6 Å². The molecule has 1 heterocycles. The van der Waals surface area contributed by atoms with Gasteiger partial charge >= 0.3 is 0 Å². The second-order valence-corrected chi connectivity index (χ2v) is 6.15. The van der Waals surface area contributed by atoms with E-state index in [0.717, 1.165) is 25.9 Å². The van der Waals surface area contributed by atoms with Gasteiger partial charge in [0.25, 0.3) is 0 Å². The van der Waals surface area contributed by atoms with Gasteiger partial charge in [-0.25, -0.2) is 0 Å². The molecule has 0 saturated carbocycles. The first-order valence-corrected chi connectivity index (χ1v) is 8.47. The summed E-state index contributed by atoms with van der Waals surface area (Å²) in [6.45, 7) is 6.79. The van der Waals surface area contributed by atoms with Gasteiger partial charge in [-0.15, -0.1) is 0 Å². The number of hydrogen-bond donors (Lipinski definition) is 2. The van der Waals surface area contributed by atoms with Crippen LogP contribution in [0.15, 0.2) is 24.3 Å². The largest absolute Gasteiger partial charge is 0.394 e. The van der Waals surface area contributed by atoms with Crippen LogP contribution in [0.3, 0.4) is 0 Å². The van der Waals surface area contributed by atoms with Crippen molar-refractivity contribution in [3.63, 3.8) is 0 Å². The molecule has 0 bridgehead atoms. The summed E-state index contributed by atoms with van der Waals surface area (Å²) in [4.78, 5) is 2.39. The Morgan fingerprint density at radius 3 is 2.67 bits per heavy atom. The average Bonchev–Trinajstić information content (AvgIpc) is 2.78. The third-order valence-corrected chi connectivity index (χ3v) is 4.51. The first-order valence-electron chi connectivity index (χ1n) is 8.47. The third kappa shape index (κ3) is 4.45. The molecule has 2 unspecified atom stereocenters. The van der Waals surface area contributed by atoms with Crippen LogP contribution in [0.1, 0.15) is 57.6 Å². The quantitative estimate of drug-likeness (QED) is 0.842. The summed E-state index contributed by atoms with van der Waals surface area (Å²) in [5, 5.41) is 13.2. The second-order valence-electron chi connectivity index (χ2n) is 6.15. The van der Waals surface area contributed by atoms with Gasteiger partial charge in [0.15, 0.2) is 0 Å². The van der Waals surface area contributed by atoms with Crippen molar-refractivity contribution >= 4 is 5.69 Å². The molecule has 2 atom stereocenters. The smallest absolute Gasteiger partial charge is 0.0635 e. The maximum atomic E-state index is 9.64. The lowest BCUT2D eigenvalue weighted by Crippen LogP contribution is -2.37. The Labute approximate surface area is 129 Å². The fraction of sp³-hybridized carbons (Fsp3) is 0.667. The summed E-state index contributed by atoms with van der Waals surface area (Å²) in [5.74, 6) is 0. The SMILES string of the molecule is CCCNC(C)c1ccc(N2CCCCCC2CO)cc1. The highest BCUT2D eigenvalue weighted by molar-refractivity contribution is 5.49. The van der Waals surface area contributed by atoms with Crippen LogP contribution >= 0.6 is 0 Å². The monoisotopic (exact) mass is 290 g/mol. The number of hydrogen-bond acceptors (Lipinski definition) is 3. The maximum absolute atomic E-state index is 9.64. The Morgan fingerprint density at radius 2 is 2.00 bits per heavy atom. The molecular formula is C18H30N2O. The Morgan fingerprint density at radius 1 is 1.24 bits per heavy atom. The molecule has 2 rings (SSSR count). The van der Waals surface area contributed by atoms with Crippen molar-refractivity contribution in [2.75, 3.05) is 24.6 Å². The van der Waals surface area contributed by atoms with E-state index in [1.54, 1.807) is 0 Å². The first kappa shape index (κ1) is 16.3. The van der Waals surface area contributed by atoms with Crippen LogP contribution in [0, 0.1) is 0 Å². The fourth-order valence-corrected chi connectivity index (χ4v) is 3.14. The summed E-state index contributed by atoms with van der Waals surface area (Å²) in [6.07, 6.45) is 6.01. The lowest BCUT2D eigenvalue weighted by atomic mass is 10.1. The van der Waals surface area contributed by atoms with E-state index in [2.05, 4.69) is 48.3 Å². The van der Waals surface area contributed by atoms with E-state index in [9.17, 15) is 5.11 Å². The van der Waals surface area contributed by atoms with E-state index in [1.165, 1.54) is 30.5 Å². The van der Waals surface area contributed by atoms with E-state index < -0.39 is 0 Å². The van der Waals surface area contributed by atoms with Crippen molar-refractivity contribution in [3.8, 4) is 0 Å². The summed E-state index contributed by atoms with van der Waals surface area (Å²) in [5.41, 5.74) is 2.59. The van der Waals surface area contributed by atoms with Gasteiger partial charge in [-0.05, 0) is 50.4 Å². The minimum Gasteiger partial charge on any atom is -0.394 e. The highest BCUT2D eigenvalue weighted by Crippen LogP contribution is 2.25. The number of anilines is 1. The molecule has 1 aliphatic heterocycles. The molecule has 1 aromatic rings. The minimum absolute atomic E-state index is 0.260. The molecule has 0 amide bonds. The van der Waals surface area contributed by atoms with Gasteiger partial charge in [0.2, 0.25) is 0 Å². The van der Waals surface area contributed by atoms with Crippen LogP contribution in [0.25, 0.3) is 0 Å². The summed E-state index contributed by atoms with van der Waals surface area (Å²) in [7, 11) is 0. The summed E-state index contributed by atoms with van der Waals surface area (Å²) < 4.78 is 0. The summed E-state index contributed by atoms with van der Waals surface area (Å²) >= 11 is 0. The van der Waals surface area contributed by atoms with E-state index >= 15 is 0 Å². The van der Waals surface area contributed by atoms with Crippen LogP contribution in [0.4, 0.5) is 5.69 Å². The van der Waals surface area contributed by atoms with Gasteiger partial charge in [0.05, 0.1) is 12.6 Å². The number of aliphatic hydroxyl groups is 1. The molecule has 21 heavy (non-hydrogen) atoms. The summed E-state index contributed by atoms with van der Waals surface area (Å²) in [6, 6.07) is 9.57. The average molecular weight is 290 g/mol. The predicted octanol–water partition coefficient (Wildman–Crippen LogP) is 3.49. The maximum Gasteiger partial charge on any atom is 0.0635 e. The van der Waals surface area contributed by atoms with Crippen molar-refractivity contribution in [1.82, 2.24) is 5.32 Å². The van der Waals surface area contributed by atoms with Gasteiger partial charge in [-0.1, -0.05) is 31.9 Å². The number of nitrogens with zero attached hydrogens (tertiary/aromatic N) is 1. The zero-order chi connectivity index (χ0) is 15.1. The Hall–Kier alpha value is -1.06. The number of rotatable bonds is 6. The van der Waals surface area contributed by atoms with E-state index in [1.807, 2.05) is 0 Å². The zero-order valence-electron chi connectivity index (χ0n) is 13.5. The normalized spacial score (nSPS) is 21.1. The van der Waals surface area contributed by atoms with Crippen LogP contribution in [-0.4, -0.2) is 30.8 Å². The lowest BCUT2D eigenvalue weighted by molar-refractivity contribution is 0.255. The Bertz CT molecular complexity index is 404. The van der Waals surface area contributed by atoms with E-state index in [0.29, 0.717) is 6.04 Å². The molecule has 0 aromatic heterocycles. The second kappa shape index (κ2) is 8.40. The van der Waals surface area contributed by atoms with Gasteiger partial charge in [0, 0.05) is 18.3 Å². The highest BCUT2D eigenvalue weighted by Gasteiger charge is 2.20. The molecular weight excluding hydrogens is 260 g/mol. The number of benzene rings is 1. The van der Waals surface area contributed by atoms with Crippen molar-refractivity contribution in [3.05, 3.63) is 29.8 Å². The van der Waals surface area contributed by atoms with Gasteiger partial charge < -0.3 is 15.3 Å². The topological polar surface area (TPSA) is 35.5 Å². The molecule has 0 spiro atoms. The molecule has 3 heteroatoms. The van der Waals surface area contributed by atoms with Crippen molar-refractivity contribution in [2.24, 2.45) is 0 Å². The fourth-order valence-electron chi connectivity index (χ4n) is 3.14. The van der Waals surface area contributed by atoms with Crippen LogP contribution in [0.2, 0.25) is 0 Å². The predicted molar refractivity (Wildman–Crippen MR) is 89.8 cm³/mol. The Balaban J connectivity index is 2.06. The van der Waals surface area contributed by atoms with E-state index in [4.69, 9.17) is 0 Å². The van der Waals surface area contributed by atoms with Crippen molar-refractivity contribution in [1.29, 1.82) is 0 Å². The van der Waals surface area contributed by atoms with Crippen LogP contribution in [0.5, 0.6) is 0 Å². The number of aliphatic hydroxyl groups excluding tert-OH is 1. The van der Waals surface area contributed by atoms with Gasteiger partial charge in [-0.2, -0.15) is 0 Å². The van der Waals surface area contributed by atoms with Crippen molar-refractivity contribution < 1.29 is 5.11 Å². The minimum atomic E-state index is 0.260. The molecule has 118 valence electrons. The van der Waals surface area contributed by atoms with Crippen LogP contribution < -0.4 is 10.2 Å². The number of nitrogens with one attached hydrogen (secondary N) is 1. The van der Waals surface area contributed by atoms with Crippen molar-refractivity contribution in [2.45, 2.75) is 58.0 Å². The molecule has 1 aromatic carbocycles. The molecule has 2 N–H and O–H groups in total. The van der Waals surface area contributed by atoms with Gasteiger partial charge in [-0.3, -0.25) is 0 Å². The molecule has 3 nitrogen and oxygen atoms in total. The zero-order valence-corrected chi connectivity index (χ0v) is 13.5. The van der Waals surface area contributed by atoms with Gasteiger partial charge in [0.1, 0.15) is 0 Å². The third-order valence-electron chi connectivity index (χ3n) is 4.51. The molecule has 0 radical (unpaired) electrons. The lowest BCUT2D eigenvalue weighted by Gasteiger charge is -2.31. The Kier molecular flexibility index (Phi) is 6.52. The first-order chi connectivity index (χ1) is 10.3. The molecule has 1 fully saturated rings. The standard InChI is InChI=1S/C18H30N2O/c1-3-12-19-15(2)16-8-10-17(11-9-16)20-13-6-4-5-7-18(20)14-21/h8-11,15,18-19,21H,3-7,12-14H2,1-2H3. The highest BCUT2D eigenvalue weighted by atomic mass is 16.3. The van der Waals surface area contributed by atoms with Crippen LogP contribution in [-0.2, 0) is 0 Å². The molecule has 1 aliphatic rings. The molecule has 1 saturated heterocycles. The molecule has 0 aliphatic carbocycles.